The highest BCUT2D eigenvalue weighted by atomic mass is 16.3. The monoisotopic (exact) mass is 169 g/mol. The Morgan fingerprint density at radius 1 is 1.58 bits per heavy atom. The summed E-state index contributed by atoms with van der Waals surface area (Å²) < 4.78 is 0. The molecule has 1 aromatic heterocycles. The summed E-state index contributed by atoms with van der Waals surface area (Å²) in [7, 11) is 0. The van der Waals surface area contributed by atoms with Crippen molar-refractivity contribution in [3.05, 3.63) is 11.4 Å². The number of imidazole rings is 1. The number of aromatic nitrogens is 2. The Bertz CT molecular complexity index is 257. The zero-order chi connectivity index (χ0) is 9.14. The van der Waals surface area contributed by atoms with Gasteiger partial charge in [-0.25, -0.2) is 4.98 Å². The van der Waals surface area contributed by atoms with Crippen LogP contribution < -0.4 is 5.73 Å². The van der Waals surface area contributed by atoms with Crippen molar-refractivity contribution in [1.82, 2.24) is 9.97 Å². The maximum atomic E-state index is 9.53. The number of aliphatic hydroxyl groups excluding tert-OH is 1. The topological polar surface area (TPSA) is 74.9 Å². The number of aryl methyl sites for hydroxylation is 1. The summed E-state index contributed by atoms with van der Waals surface area (Å²) in [5, 5.41) is 9.53. The van der Waals surface area contributed by atoms with Crippen molar-refractivity contribution in [2.24, 2.45) is 0 Å². The smallest absolute Gasteiger partial charge is 0.197 e. The summed E-state index contributed by atoms with van der Waals surface area (Å²) in [5.74, 6) is 0.384. The number of rotatable bonds is 3. The molecule has 4 N–H and O–H groups in total. The zero-order valence-electron chi connectivity index (χ0n) is 7.46. The number of hydrogen-bond donors (Lipinski definition) is 3. The Hall–Kier alpha value is -1.03. The van der Waals surface area contributed by atoms with Crippen LogP contribution in [0.5, 0.6) is 0 Å². The standard InChI is InChI=1S/C8H15N3O/c1-3-5-7(6(12)4-2)11-8(9)10-5/h6,12H,3-4H2,1-2H3,(H3,9,10,11). The average molecular weight is 169 g/mol. The molecule has 12 heavy (non-hydrogen) atoms. The summed E-state index contributed by atoms with van der Waals surface area (Å²) in [6.45, 7) is 3.91. The van der Waals surface area contributed by atoms with Crippen molar-refractivity contribution >= 4 is 5.95 Å². The van der Waals surface area contributed by atoms with Crippen LogP contribution in [0.1, 0.15) is 37.8 Å². The molecule has 0 saturated carbocycles. The molecule has 0 aliphatic rings. The molecule has 1 rings (SSSR count). The first-order chi connectivity index (χ1) is 5.69. The van der Waals surface area contributed by atoms with E-state index < -0.39 is 6.10 Å². The van der Waals surface area contributed by atoms with Gasteiger partial charge in [-0.3, -0.25) is 0 Å². The lowest BCUT2D eigenvalue weighted by Gasteiger charge is -2.05. The highest BCUT2D eigenvalue weighted by Gasteiger charge is 2.13. The molecule has 1 atom stereocenters. The van der Waals surface area contributed by atoms with E-state index in [4.69, 9.17) is 5.73 Å². The van der Waals surface area contributed by atoms with E-state index in [-0.39, 0.29) is 0 Å². The SMILES string of the molecule is CCc1nc(N)[nH]c1C(O)CC. The lowest BCUT2D eigenvalue weighted by atomic mass is 10.1. The van der Waals surface area contributed by atoms with Crippen LogP contribution in [0.25, 0.3) is 0 Å². The third-order valence-corrected chi connectivity index (χ3v) is 1.88. The van der Waals surface area contributed by atoms with Gasteiger partial charge in [0.1, 0.15) is 0 Å². The predicted octanol–water partition coefficient (Wildman–Crippen LogP) is 0.998. The van der Waals surface area contributed by atoms with Gasteiger partial charge in [-0.1, -0.05) is 13.8 Å². The zero-order valence-corrected chi connectivity index (χ0v) is 7.46. The molecule has 68 valence electrons. The number of anilines is 1. The van der Waals surface area contributed by atoms with E-state index >= 15 is 0 Å². The van der Waals surface area contributed by atoms with Crippen LogP contribution >= 0.6 is 0 Å². The molecule has 0 amide bonds. The molecule has 4 nitrogen and oxygen atoms in total. The largest absolute Gasteiger partial charge is 0.387 e. The number of hydrogen-bond acceptors (Lipinski definition) is 3. The van der Waals surface area contributed by atoms with Gasteiger partial charge in [-0.15, -0.1) is 0 Å². The summed E-state index contributed by atoms with van der Waals surface area (Å²) in [6.07, 6.45) is 0.999. The van der Waals surface area contributed by atoms with E-state index in [0.717, 1.165) is 17.8 Å². The minimum atomic E-state index is -0.468. The van der Waals surface area contributed by atoms with Crippen LogP contribution in [-0.4, -0.2) is 15.1 Å². The minimum Gasteiger partial charge on any atom is -0.387 e. The number of aliphatic hydroxyl groups is 1. The van der Waals surface area contributed by atoms with Crippen molar-refractivity contribution < 1.29 is 5.11 Å². The summed E-state index contributed by atoms with van der Waals surface area (Å²) >= 11 is 0. The maximum Gasteiger partial charge on any atom is 0.197 e. The van der Waals surface area contributed by atoms with E-state index in [9.17, 15) is 5.11 Å². The molecule has 0 bridgehead atoms. The third kappa shape index (κ3) is 1.58. The molecular weight excluding hydrogens is 154 g/mol. The Kier molecular flexibility index (Phi) is 2.70. The second-order valence-electron chi connectivity index (χ2n) is 2.76. The van der Waals surface area contributed by atoms with Crippen molar-refractivity contribution in [2.45, 2.75) is 32.8 Å². The highest BCUT2D eigenvalue weighted by Crippen LogP contribution is 2.19. The van der Waals surface area contributed by atoms with Crippen molar-refractivity contribution in [1.29, 1.82) is 0 Å². The van der Waals surface area contributed by atoms with E-state index in [0.29, 0.717) is 12.4 Å². The fourth-order valence-corrected chi connectivity index (χ4v) is 1.19. The van der Waals surface area contributed by atoms with Crippen molar-refractivity contribution in [3.63, 3.8) is 0 Å². The first kappa shape index (κ1) is 9.06. The van der Waals surface area contributed by atoms with Crippen LogP contribution in [-0.2, 0) is 6.42 Å². The van der Waals surface area contributed by atoms with Crippen molar-refractivity contribution in [3.8, 4) is 0 Å². The molecule has 1 aromatic rings. The van der Waals surface area contributed by atoms with Gasteiger partial charge in [0.2, 0.25) is 0 Å². The van der Waals surface area contributed by atoms with Gasteiger partial charge < -0.3 is 15.8 Å². The predicted molar refractivity (Wildman–Crippen MR) is 47.6 cm³/mol. The van der Waals surface area contributed by atoms with Crippen LogP contribution in [0.15, 0.2) is 0 Å². The van der Waals surface area contributed by atoms with Crippen LogP contribution in [0.4, 0.5) is 5.95 Å². The number of nitrogens with zero attached hydrogens (tertiary/aromatic N) is 1. The van der Waals surface area contributed by atoms with Crippen LogP contribution in [0.3, 0.4) is 0 Å². The lowest BCUT2D eigenvalue weighted by molar-refractivity contribution is 0.168. The molecule has 0 aliphatic carbocycles. The number of aromatic amines is 1. The molecule has 1 unspecified atom stereocenters. The first-order valence-electron chi connectivity index (χ1n) is 4.21. The molecule has 4 heteroatoms. The second kappa shape index (κ2) is 3.58. The summed E-state index contributed by atoms with van der Waals surface area (Å²) in [4.78, 5) is 6.92. The number of nitrogen functional groups attached to an aromatic ring is 1. The van der Waals surface area contributed by atoms with E-state index in [2.05, 4.69) is 9.97 Å². The summed E-state index contributed by atoms with van der Waals surface area (Å²) in [6, 6.07) is 0. The molecule has 0 spiro atoms. The van der Waals surface area contributed by atoms with Gasteiger partial charge in [-0.2, -0.15) is 0 Å². The number of nitrogens with two attached hydrogens (primary N) is 1. The Morgan fingerprint density at radius 2 is 2.25 bits per heavy atom. The minimum absolute atomic E-state index is 0.384. The van der Waals surface area contributed by atoms with Crippen LogP contribution in [0.2, 0.25) is 0 Å². The second-order valence-corrected chi connectivity index (χ2v) is 2.76. The van der Waals surface area contributed by atoms with Gasteiger partial charge in [0, 0.05) is 0 Å². The highest BCUT2D eigenvalue weighted by molar-refractivity contribution is 5.27. The molecular formula is C8H15N3O. The number of nitrogens with one attached hydrogen (secondary N) is 1. The fourth-order valence-electron chi connectivity index (χ4n) is 1.19. The molecule has 0 aliphatic heterocycles. The molecule has 0 saturated heterocycles. The van der Waals surface area contributed by atoms with Gasteiger partial charge in [0.15, 0.2) is 5.95 Å². The number of H-pyrrole nitrogens is 1. The molecule has 1 heterocycles. The lowest BCUT2D eigenvalue weighted by Crippen LogP contribution is -1.99. The van der Waals surface area contributed by atoms with Gasteiger partial charge >= 0.3 is 0 Å². The van der Waals surface area contributed by atoms with Gasteiger partial charge in [-0.05, 0) is 12.8 Å². The quantitative estimate of drug-likeness (QED) is 0.631. The average Bonchev–Trinajstić information content (AvgIpc) is 2.45. The van der Waals surface area contributed by atoms with E-state index in [1.54, 1.807) is 0 Å². The van der Waals surface area contributed by atoms with Gasteiger partial charge in [0.25, 0.3) is 0 Å². The van der Waals surface area contributed by atoms with Crippen LogP contribution in [0, 0.1) is 0 Å². The fraction of sp³-hybridized carbons (Fsp3) is 0.625. The molecule has 0 aromatic carbocycles. The summed E-state index contributed by atoms with van der Waals surface area (Å²) in [5.41, 5.74) is 7.09. The Balaban J connectivity index is 2.96. The normalized spacial score (nSPS) is 13.2. The molecule has 0 radical (unpaired) electrons. The third-order valence-electron chi connectivity index (χ3n) is 1.88. The first-order valence-corrected chi connectivity index (χ1v) is 4.21. The van der Waals surface area contributed by atoms with Crippen molar-refractivity contribution in [2.75, 3.05) is 5.73 Å². The van der Waals surface area contributed by atoms with E-state index in [1.165, 1.54) is 0 Å². The molecule has 0 fully saturated rings. The Morgan fingerprint density at radius 3 is 2.75 bits per heavy atom. The van der Waals surface area contributed by atoms with Gasteiger partial charge in [0.05, 0.1) is 17.5 Å². The Labute approximate surface area is 71.8 Å². The maximum absolute atomic E-state index is 9.53. The van der Waals surface area contributed by atoms with E-state index in [1.807, 2.05) is 13.8 Å².